The van der Waals surface area contributed by atoms with Gasteiger partial charge in [-0.1, -0.05) is 11.6 Å². The minimum absolute atomic E-state index is 0.0625. The molecule has 1 aromatic carbocycles. The van der Waals surface area contributed by atoms with Crippen molar-refractivity contribution >= 4 is 29.6 Å². The van der Waals surface area contributed by atoms with Gasteiger partial charge in [0, 0.05) is 28.3 Å². The lowest BCUT2D eigenvalue weighted by atomic mass is 10.1. The number of amides is 1. The van der Waals surface area contributed by atoms with E-state index in [0.717, 1.165) is 0 Å². The fraction of sp³-hybridized carbons (Fsp3) is 0.167. The number of carbonyl (C=O) groups excluding carboxylic acids is 2. The molecule has 1 amide bonds. The number of rotatable bonds is 5. The molecule has 0 spiro atoms. The number of furan rings is 1. The molecule has 0 aliphatic heterocycles. The molecule has 0 saturated heterocycles. The van der Waals surface area contributed by atoms with Crippen LogP contribution in [-0.2, 0) is 4.79 Å². The molecule has 6 nitrogen and oxygen atoms in total. The quantitative estimate of drug-likeness (QED) is 0.653. The maximum Gasteiger partial charge on any atom is 0.262 e. The molecular formula is C18H14ClN2O4-. The molecule has 1 aromatic heterocycles. The minimum Gasteiger partial charge on any atom is -0.545 e. The molecule has 2 aromatic rings. The van der Waals surface area contributed by atoms with Gasteiger partial charge in [0.05, 0.1) is 5.97 Å². The van der Waals surface area contributed by atoms with Crippen LogP contribution in [0.3, 0.4) is 0 Å². The summed E-state index contributed by atoms with van der Waals surface area (Å²) >= 11 is 5.81. The number of carbonyl (C=O) groups is 2. The van der Waals surface area contributed by atoms with Crippen LogP contribution >= 0.6 is 11.6 Å². The molecule has 0 fully saturated rings. The molecule has 2 rings (SSSR count). The molecule has 1 heterocycles. The maximum absolute atomic E-state index is 11.9. The summed E-state index contributed by atoms with van der Waals surface area (Å²) in [5, 5.41) is 22.8. The second-order valence-electron chi connectivity index (χ2n) is 5.48. The number of benzene rings is 1. The molecule has 1 N–H and O–H groups in total. The Hall–Kier alpha value is -3.04. The number of hydrogen-bond acceptors (Lipinski definition) is 5. The van der Waals surface area contributed by atoms with E-state index in [4.69, 9.17) is 21.3 Å². The molecular weight excluding hydrogens is 344 g/mol. The minimum atomic E-state index is -1.39. The largest absolute Gasteiger partial charge is 0.545 e. The van der Waals surface area contributed by atoms with Crippen molar-refractivity contribution in [1.82, 2.24) is 5.32 Å². The van der Waals surface area contributed by atoms with E-state index >= 15 is 0 Å². The van der Waals surface area contributed by atoms with Crippen LogP contribution in [0, 0.1) is 11.3 Å². The highest BCUT2D eigenvalue weighted by Gasteiger charge is 2.12. The summed E-state index contributed by atoms with van der Waals surface area (Å²) in [4.78, 5) is 22.9. The maximum atomic E-state index is 11.9. The fourth-order valence-electron chi connectivity index (χ4n) is 2.05. The van der Waals surface area contributed by atoms with Crippen LogP contribution in [-0.4, -0.2) is 17.9 Å². The first-order chi connectivity index (χ1) is 11.8. The average Bonchev–Trinajstić information content (AvgIpc) is 3.00. The molecule has 0 saturated carbocycles. The second kappa shape index (κ2) is 7.69. The van der Waals surface area contributed by atoms with E-state index in [1.54, 1.807) is 32.0 Å². The first kappa shape index (κ1) is 18.3. The molecule has 0 unspecified atom stereocenters. The van der Waals surface area contributed by atoms with Gasteiger partial charge in [-0.2, -0.15) is 5.26 Å². The Morgan fingerprint density at radius 2 is 2.04 bits per heavy atom. The van der Waals surface area contributed by atoms with E-state index in [1.165, 1.54) is 18.2 Å². The van der Waals surface area contributed by atoms with Gasteiger partial charge < -0.3 is 19.6 Å². The Balaban J connectivity index is 2.32. The molecule has 0 atom stereocenters. The normalized spacial score (nSPS) is 11.2. The van der Waals surface area contributed by atoms with Crippen LogP contribution in [0.4, 0.5) is 0 Å². The van der Waals surface area contributed by atoms with E-state index in [2.05, 4.69) is 5.32 Å². The number of halogens is 1. The molecule has 0 aliphatic rings. The summed E-state index contributed by atoms with van der Waals surface area (Å²) in [6.45, 7) is 3.57. The lowest BCUT2D eigenvalue weighted by Crippen LogP contribution is -2.30. The van der Waals surface area contributed by atoms with Gasteiger partial charge in [0.1, 0.15) is 23.2 Å². The van der Waals surface area contributed by atoms with Gasteiger partial charge in [0.15, 0.2) is 0 Å². The Morgan fingerprint density at radius 1 is 1.32 bits per heavy atom. The van der Waals surface area contributed by atoms with Gasteiger partial charge in [-0.05, 0) is 44.2 Å². The topological polar surface area (TPSA) is 106 Å². The van der Waals surface area contributed by atoms with Crippen molar-refractivity contribution in [2.24, 2.45) is 0 Å². The van der Waals surface area contributed by atoms with Crippen molar-refractivity contribution in [3.8, 4) is 17.4 Å². The first-order valence-corrected chi connectivity index (χ1v) is 7.73. The molecule has 7 heteroatoms. The van der Waals surface area contributed by atoms with E-state index in [9.17, 15) is 14.7 Å². The van der Waals surface area contributed by atoms with Crippen molar-refractivity contribution in [1.29, 1.82) is 5.26 Å². The van der Waals surface area contributed by atoms with E-state index in [1.807, 2.05) is 6.07 Å². The highest BCUT2D eigenvalue weighted by molar-refractivity contribution is 6.33. The van der Waals surface area contributed by atoms with Crippen LogP contribution in [0.2, 0.25) is 5.02 Å². The van der Waals surface area contributed by atoms with Gasteiger partial charge in [0.25, 0.3) is 5.91 Å². The number of aromatic carboxylic acids is 1. The van der Waals surface area contributed by atoms with Crippen LogP contribution in [0.15, 0.2) is 40.3 Å². The molecule has 0 radical (unpaired) electrons. The number of nitrogens with one attached hydrogen (secondary N) is 1. The van der Waals surface area contributed by atoms with Gasteiger partial charge in [-0.3, -0.25) is 4.79 Å². The SMILES string of the molecule is CC(C)NC(=O)/C(C#N)=C/c1ccc(-c2ccc(Cl)c(C(=O)[O-])c2)o1. The Morgan fingerprint density at radius 3 is 2.64 bits per heavy atom. The number of carboxylic acids is 1. The number of nitrogens with zero attached hydrogens (tertiary/aromatic N) is 1. The van der Waals surface area contributed by atoms with Crippen molar-refractivity contribution in [3.63, 3.8) is 0 Å². The van der Waals surface area contributed by atoms with Gasteiger partial charge in [-0.15, -0.1) is 0 Å². The van der Waals surface area contributed by atoms with Crippen molar-refractivity contribution in [2.45, 2.75) is 19.9 Å². The third-order valence-electron chi connectivity index (χ3n) is 3.17. The molecule has 0 aliphatic carbocycles. The summed E-state index contributed by atoms with van der Waals surface area (Å²) in [7, 11) is 0. The van der Waals surface area contributed by atoms with Crippen molar-refractivity contribution < 1.29 is 19.1 Å². The summed E-state index contributed by atoms with van der Waals surface area (Å²) < 4.78 is 5.57. The lowest BCUT2D eigenvalue weighted by Gasteiger charge is -2.07. The standard InChI is InChI=1S/C18H15ClN2O4/c1-10(2)21-17(22)12(9-20)7-13-4-6-16(25-13)11-3-5-15(19)14(8-11)18(23)24/h3-8,10H,1-2H3,(H,21,22)(H,23,24)/p-1/b12-7+. The van der Waals surface area contributed by atoms with E-state index < -0.39 is 11.9 Å². The summed E-state index contributed by atoms with van der Waals surface area (Å²) in [6, 6.07) is 9.25. The molecule has 25 heavy (non-hydrogen) atoms. The van der Waals surface area contributed by atoms with Gasteiger partial charge >= 0.3 is 0 Å². The Bertz CT molecular complexity index is 891. The zero-order chi connectivity index (χ0) is 18.6. The summed E-state index contributed by atoms with van der Waals surface area (Å²) in [5.41, 5.74) is 0.233. The second-order valence-corrected chi connectivity index (χ2v) is 5.89. The monoisotopic (exact) mass is 357 g/mol. The highest BCUT2D eigenvalue weighted by atomic mass is 35.5. The Kier molecular flexibility index (Phi) is 5.63. The van der Waals surface area contributed by atoms with Gasteiger partial charge in [0.2, 0.25) is 0 Å². The third kappa shape index (κ3) is 4.49. The summed E-state index contributed by atoms with van der Waals surface area (Å²) in [5.74, 6) is -1.24. The lowest BCUT2D eigenvalue weighted by molar-refractivity contribution is -0.255. The number of hydrogen-bond donors (Lipinski definition) is 1. The smallest absolute Gasteiger partial charge is 0.262 e. The van der Waals surface area contributed by atoms with Crippen molar-refractivity contribution in [2.75, 3.05) is 0 Å². The van der Waals surface area contributed by atoms with E-state index in [0.29, 0.717) is 11.3 Å². The third-order valence-corrected chi connectivity index (χ3v) is 3.50. The summed E-state index contributed by atoms with van der Waals surface area (Å²) in [6.07, 6.45) is 1.32. The zero-order valence-electron chi connectivity index (χ0n) is 13.5. The fourth-order valence-corrected chi connectivity index (χ4v) is 2.25. The predicted molar refractivity (Wildman–Crippen MR) is 90.4 cm³/mol. The molecule has 128 valence electrons. The Labute approximate surface area is 149 Å². The van der Waals surface area contributed by atoms with Crippen LogP contribution in [0.1, 0.15) is 30.0 Å². The zero-order valence-corrected chi connectivity index (χ0v) is 14.3. The molecule has 0 bridgehead atoms. The van der Waals surface area contributed by atoms with E-state index in [-0.39, 0.29) is 28.0 Å². The number of carboxylic acid groups (broad SMARTS) is 1. The van der Waals surface area contributed by atoms with Crippen molar-refractivity contribution in [3.05, 3.63) is 52.3 Å². The van der Waals surface area contributed by atoms with Crippen LogP contribution in [0.25, 0.3) is 17.4 Å². The van der Waals surface area contributed by atoms with Crippen LogP contribution < -0.4 is 10.4 Å². The first-order valence-electron chi connectivity index (χ1n) is 7.35. The van der Waals surface area contributed by atoms with Gasteiger partial charge in [-0.25, -0.2) is 0 Å². The highest BCUT2D eigenvalue weighted by Crippen LogP contribution is 2.27. The predicted octanol–water partition coefficient (Wildman–Crippen LogP) is 2.40. The number of nitriles is 1. The van der Waals surface area contributed by atoms with Crippen LogP contribution in [0.5, 0.6) is 0 Å². The average molecular weight is 358 g/mol.